The summed E-state index contributed by atoms with van der Waals surface area (Å²) < 4.78 is 26.6. The second-order valence-electron chi connectivity index (χ2n) is 5.42. The van der Waals surface area contributed by atoms with Crippen LogP contribution in [0.1, 0.15) is 39.5 Å². The molecule has 0 aromatic heterocycles. The highest BCUT2D eigenvalue weighted by Crippen LogP contribution is 2.39. The van der Waals surface area contributed by atoms with E-state index in [9.17, 15) is 8.42 Å². The Hall–Kier alpha value is -0.870. The van der Waals surface area contributed by atoms with E-state index in [1.54, 1.807) is 28.6 Å². The summed E-state index contributed by atoms with van der Waals surface area (Å²) in [5.41, 5.74) is 0.350. The standard InChI is InChI=1S/C15H23NO2S/c1-3-15(4-2)10-12-16(13-11-15)19(17,18)14-8-6-5-7-9-14/h5-9H,3-4,10-13H2,1-2H3. The van der Waals surface area contributed by atoms with E-state index in [4.69, 9.17) is 0 Å². The molecule has 106 valence electrons. The zero-order chi connectivity index (χ0) is 13.9. The minimum absolute atomic E-state index is 0.350. The van der Waals surface area contributed by atoms with Crippen LogP contribution in [0.3, 0.4) is 0 Å². The summed E-state index contributed by atoms with van der Waals surface area (Å²) in [6.45, 7) is 5.73. The van der Waals surface area contributed by atoms with Gasteiger partial charge in [-0.2, -0.15) is 4.31 Å². The molecule has 0 aliphatic carbocycles. The normalized spacial score (nSPS) is 20.3. The van der Waals surface area contributed by atoms with Gasteiger partial charge < -0.3 is 0 Å². The second-order valence-corrected chi connectivity index (χ2v) is 7.36. The highest BCUT2D eigenvalue weighted by Gasteiger charge is 2.35. The van der Waals surface area contributed by atoms with Crippen molar-refractivity contribution in [1.82, 2.24) is 4.31 Å². The Bertz CT molecular complexity index is 496. The molecule has 1 aromatic carbocycles. The summed E-state index contributed by atoms with van der Waals surface area (Å²) in [4.78, 5) is 0.412. The Morgan fingerprint density at radius 1 is 1.05 bits per heavy atom. The smallest absolute Gasteiger partial charge is 0.207 e. The summed E-state index contributed by atoms with van der Waals surface area (Å²) >= 11 is 0. The van der Waals surface area contributed by atoms with Crippen molar-refractivity contribution in [1.29, 1.82) is 0 Å². The Kier molecular flexibility index (Phi) is 4.31. The molecule has 1 aliphatic heterocycles. The van der Waals surface area contributed by atoms with E-state index < -0.39 is 10.0 Å². The number of rotatable bonds is 4. The molecule has 0 spiro atoms. The molecule has 1 aliphatic rings. The van der Waals surface area contributed by atoms with E-state index in [0.29, 0.717) is 23.4 Å². The Morgan fingerprint density at radius 3 is 2.05 bits per heavy atom. The molecule has 0 unspecified atom stereocenters. The quantitative estimate of drug-likeness (QED) is 0.849. The third-order valence-corrected chi connectivity index (χ3v) is 6.58. The third-order valence-electron chi connectivity index (χ3n) is 4.66. The van der Waals surface area contributed by atoms with Crippen molar-refractivity contribution in [3.8, 4) is 0 Å². The number of benzene rings is 1. The van der Waals surface area contributed by atoms with Gasteiger partial charge in [-0.3, -0.25) is 0 Å². The lowest BCUT2D eigenvalue weighted by molar-refractivity contribution is 0.141. The van der Waals surface area contributed by atoms with Gasteiger partial charge in [-0.25, -0.2) is 8.42 Å². The van der Waals surface area contributed by atoms with Crippen LogP contribution in [0, 0.1) is 5.41 Å². The predicted octanol–water partition coefficient (Wildman–Crippen LogP) is 3.28. The predicted molar refractivity (Wildman–Crippen MR) is 77.4 cm³/mol. The van der Waals surface area contributed by atoms with E-state index in [1.165, 1.54) is 0 Å². The first-order valence-corrected chi connectivity index (χ1v) is 8.53. The van der Waals surface area contributed by atoms with Crippen molar-refractivity contribution in [2.24, 2.45) is 5.41 Å². The third kappa shape index (κ3) is 2.84. The second kappa shape index (κ2) is 5.63. The Balaban J connectivity index is 2.14. The van der Waals surface area contributed by atoms with Crippen LogP contribution in [0.5, 0.6) is 0 Å². The van der Waals surface area contributed by atoms with E-state index in [-0.39, 0.29) is 0 Å². The van der Waals surface area contributed by atoms with E-state index in [1.807, 2.05) is 6.07 Å². The van der Waals surface area contributed by atoms with Crippen LogP contribution in [-0.2, 0) is 10.0 Å². The molecule has 1 fully saturated rings. The van der Waals surface area contributed by atoms with Crippen LogP contribution in [0.15, 0.2) is 35.2 Å². The van der Waals surface area contributed by atoms with Gasteiger partial charge in [-0.1, -0.05) is 44.9 Å². The van der Waals surface area contributed by atoms with Crippen LogP contribution in [0.4, 0.5) is 0 Å². The van der Waals surface area contributed by atoms with E-state index in [2.05, 4.69) is 13.8 Å². The molecule has 3 nitrogen and oxygen atoms in total. The van der Waals surface area contributed by atoms with Gasteiger partial charge in [0.2, 0.25) is 10.0 Å². The molecule has 0 atom stereocenters. The minimum atomic E-state index is -3.30. The molecular weight excluding hydrogens is 258 g/mol. The first kappa shape index (κ1) is 14.5. The van der Waals surface area contributed by atoms with Gasteiger partial charge >= 0.3 is 0 Å². The maximum Gasteiger partial charge on any atom is 0.243 e. The van der Waals surface area contributed by atoms with Crippen molar-refractivity contribution in [3.05, 3.63) is 30.3 Å². The molecule has 0 bridgehead atoms. The minimum Gasteiger partial charge on any atom is -0.207 e. The molecule has 0 saturated carbocycles. The molecule has 2 rings (SSSR count). The highest BCUT2D eigenvalue weighted by molar-refractivity contribution is 7.89. The van der Waals surface area contributed by atoms with E-state index >= 15 is 0 Å². The first-order chi connectivity index (χ1) is 9.04. The van der Waals surface area contributed by atoms with Crippen molar-refractivity contribution in [3.63, 3.8) is 0 Å². The lowest BCUT2D eigenvalue weighted by Crippen LogP contribution is -2.42. The zero-order valence-corrected chi connectivity index (χ0v) is 12.6. The summed E-state index contributed by atoms with van der Waals surface area (Å²) in [6, 6.07) is 8.75. The van der Waals surface area contributed by atoms with Crippen molar-refractivity contribution in [2.75, 3.05) is 13.1 Å². The number of sulfonamides is 1. The molecule has 0 amide bonds. The largest absolute Gasteiger partial charge is 0.243 e. The molecule has 0 radical (unpaired) electrons. The fourth-order valence-corrected chi connectivity index (χ4v) is 4.36. The van der Waals surface area contributed by atoms with Gasteiger partial charge in [0, 0.05) is 13.1 Å². The monoisotopic (exact) mass is 281 g/mol. The summed E-state index contributed by atoms with van der Waals surface area (Å²) in [5.74, 6) is 0. The van der Waals surface area contributed by atoms with Crippen LogP contribution >= 0.6 is 0 Å². The summed E-state index contributed by atoms with van der Waals surface area (Å²) in [5, 5.41) is 0. The van der Waals surface area contributed by atoms with Crippen LogP contribution in [0.2, 0.25) is 0 Å². The van der Waals surface area contributed by atoms with Gasteiger partial charge in [0.05, 0.1) is 4.90 Å². The Labute approximate surface area is 116 Å². The number of nitrogens with zero attached hydrogens (tertiary/aromatic N) is 1. The lowest BCUT2D eigenvalue weighted by atomic mass is 9.75. The van der Waals surface area contributed by atoms with Crippen molar-refractivity contribution < 1.29 is 8.42 Å². The molecule has 0 N–H and O–H groups in total. The lowest BCUT2D eigenvalue weighted by Gasteiger charge is -2.40. The highest BCUT2D eigenvalue weighted by atomic mass is 32.2. The summed E-state index contributed by atoms with van der Waals surface area (Å²) in [7, 11) is -3.30. The maximum absolute atomic E-state index is 12.5. The fraction of sp³-hybridized carbons (Fsp3) is 0.600. The van der Waals surface area contributed by atoms with Gasteiger partial charge in [-0.05, 0) is 30.4 Å². The maximum atomic E-state index is 12.5. The summed E-state index contributed by atoms with van der Waals surface area (Å²) in [6.07, 6.45) is 4.24. The number of hydrogen-bond acceptors (Lipinski definition) is 2. The van der Waals surface area contributed by atoms with Crippen molar-refractivity contribution in [2.45, 2.75) is 44.4 Å². The molecular formula is C15H23NO2S. The van der Waals surface area contributed by atoms with Gasteiger partial charge in [0.1, 0.15) is 0 Å². The average Bonchev–Trinajstić information content (AvgIpc) is 2.48. The molecule has 1 aromatic rings. The first-order valence-electron chi connectivity index (χ1n) is 7.09. The van der Waals surface area contributed by atoms with Gasteiger partial charge in [0.25, 0.3) is 0 Å². The number of piperidine rings is 1. The van der Waals surface area contributed by atoms with Crippen LogP contribution < -0.4 is 0 Å². The van der Waals surface area contributed by atoms with Crippen LogP contribution in [-0.4, -0.2) is 25.8 Å². The Morgan fingerprint density at radius 2 is 1.58 bits per heavy atom. The van der Waals surface area contributed by atoms with Gasteiger partial charge in [-0.15, -0.1) is 0 Å². The molecule has 1 saturated heterocycles. The fourth-order valence-electron chi connectivity index (χ4n) is 2.90. The average molecular weight is 281 g/mol. The molecule has 19 heavy (non-hydrogen) atoms. The molecule has 1 heterocycles. The SMILES string of the molecule is CCC1(CC)CCN(S(=O)(=O)c2ccccc2)CC1. The number of hydrogen-bond donors (Lipinski definition) is 0. The molecule has 4 heteroatoms. The van der Waals surface area contributed by atoms with Crippen molar-refractivity contribution >= 4 is 10.0 Å². The van der Waals surface area contributed by atoms with Gasteiger partial charge in [0.15, 0.2) is 0 Å². The topological polar surface area (TPSA) is 37.4 Å². The zero-order valence-electron chi connectivity index (χ0n) is 11.8. The van der Waals surface area contributed by atoms with E-state index in [0.717, 1.165) is 25.7 Å². The van der Waals surface area contributed by atoms with Crippen LogP contribution in [0.25, 0.3) is 0 Å².